The van der Waals surface area contributed by atoms with E-state index in [1.807, 2.05) is 13.8 Å². The van der Waals surface area contributed by atoms with Gasteiger partial charge < -0.3 is 9.84 Å². The molecule has 1 N–H and O–H groups in total. The average molecular weight is 142 g/mol. The highest BCUT2D eigenvalue weighted by molar-refractivity contribution is 5.80. The maximum atomic E-state index is 10.9. The second-order valence-electron chi connectivity index (χ2n) is 3.65. The Hall–Kier alpha value is -0.570. The number of cyclic esters (lactones) is 1. The van der Waals surface area contributed by atoms with Gasteiger partial charge in [0.05, 0.1) is 5.92 Å². The second kappa shape index (κ2) is 1.37. The number of aliphatic hydroxyl groups excluding tert-OH is 1. The first-order valence-electron chi connectivity index (χ1n) is 3.43. The molecule has 2 aliphatic rings. The molecule has 0 aromatic heterocycles. The highest BCUT2D eigenvalue weighted by Crippen LogP contribution is 2.63. The average Bonchev–Trinajstić information content (AvgIpc) is 2.17. The van der Waals surface area contributed by atoms with E-state index in [9.17, 15) is 4.79 Å². The monoisotopic (exact) mass is 142 g/mol. The van der Waals surface area contributed by atoms with Crippen LogP contribution < -0.4 is 0 Å². The van der Waals surface area contributed by atoms with E-state index in [1.54, 1.807) is 0 Å². The lowest BCUT2D eigenvalue weighted by molar-refractivity contribution is -0.164. The van der Waals surface area contributed by atoms with Crippen molar-refractivity contribution in [2.45, 2.75) is 20.1 Å². The van der Waals surface area contributed by atoms with Crippen molar-refractivity contribution in [3.05, 3.63) is 0 Å². The van der Waals surface area contributed by atoms with Crippen molar-refractivity contribution in [2.75, 3.05) is 0 Å². The van der Waals surface area contributed by atoms with Crippen molar-refractivity contribution in [2.24, 2.45) is 17.3 Å². The SMILES string of the molecule is CC1(C)[C@@H]2C(=O)OC(O)[C@@H]21. The molecule has 10 heavy (non-hydrogen) atoms. The Labute approximate surface area is 59.0 Å². The van der Waals surface area contributed by atoms with E-state index >= 15 is 0 Å². The quantitative estimate of drug-likeness (QED) is 0.489. The standard InChI is InChI=1S/C7H10O3/c1-7(2)3-4(7)6(9)10-5(3)8/h3-5,8H,1-2H3/t3-,4+,5?/m1/s1. The molecule has 3 heteroatoms. The fraction of sp³-hybridized carbons (Fsp3) is 0.857. The minimum absolute atomic E-state index is 0.0191. The van der Waals surface area contributed by atoms with Crippen molar-refractivity contribution < 1.29 is 14.6 Å². The van der Waals surface area contributed by atoms with Crippen molar-refractivity contribution >= 4 is 5.97 Å². The molecule has 2 fully saturated rings. The van der Waals surface area contributed by atoms with Crippen LogP contribution in [-0.2, 0) is 9.53 Å². The van der Waals surface area contributed by atoms with Crippen LogP contribution in [0.25, 0.3) is 0 Å². The topological polar surface area (TPSA) is 46.5 Å². The molecule has 3 nitrogen and oxygen atoms in total. The number of hydrogen-bond acceptors (Lipinski definition) is 3. The fourth-order valence-corrected chi connectivity index (χ4v) is 1.93. The Morgan fingerprint density at radius 3 is 2.40 bits per heavy atom. The Balaban J connectivity index is 2.25. The molecule has 3 atom stereocenters. The summed E-state index contributed by atoms with van der Waals surface area (Å²) >= 11 is 0. The van der Waals surface area contributed by atoms with Crippen LogP contribution in [0.3, 0.4) is 0 Å². The van der Waals surface area contributed by atoms with Gasteiger partial charge in [-0.3, -0.25) is 4.79 Å². The van der Waals surface area contributed by atoms with Crippen LogP contribution in [0.2, 0.25) is 0 Å². The first-order chi connectivity index (χ1) is 4.55. The second-order valence-corrected chi connectivity index (χ2v) is 3.65. The van der Waals surface area contributed by atoms with E-state index in [4.69, 9.17) is 5.11 Å². The number of carbonyl (C=O) groups excluding carboxylic acids is 1. The minimum atomic E-state index is -0.840. The Morgan fingerprint density at radius 1 is 1.60 bits per heavy atom. The molecule has 1 aliphatic carbocycles. The molecule has 0 bridgehead atoms. The summed E-state index contributed by atoms with van der Waals surface area (Å²) in [6, 6.07) is 0. The van der Waals surface area contributed by atoms with E-state index in [-0.39, 0.29) is 23.2 Å². The van der Waals surface area contributed by atoms with E-state index in [2.05, 4.69) is 4.74 Å². The summed E-state index contributed by atoms with van der Waals surface area (Å²) in [7, 11) is 0. The van der Waals surface area contributed by atoms with Crippen molar-refractivity contribution in [1.82, 2.24) is 0 Å². The molecule has 0 aromatic rings. The summed E-state index contributed by atoms with van der Waals surface area (Å²) in [5.41, 5.74) is -0.0191. The maximum Gasteiger partial charge on any atom is 0.312 e. The fourth-order valence-electron chi connectivity index (χ4n) is 1.93. The van der Waals surface area contributed by atoms with Gasteiger partial charge in [0, 0.05) is 5.92 Å². The van der Waals surface area contributed by atoms with Gasteiger partial charge in [-0.25, -0.2) is 0 Å². The minimum Gasteiger partial charge on any atom is -0.435 e. The summed E-state index contributed by atoms with van der Waals surface area (Å²) in [6.45, 7) is 3.96. The number of carbonyl (C=O) groups is 1. The molecule has 1 saturated heterocycles. The normalized spacial score (nSPS) is 48.3. The Morgan fingerprint density at radius 2 is 2.20 bits per heavy atom. The van der Waals surface area contributed by atoms with Crippen LogP contribution in [-0.4, -0.2) is 17.4 Å². The lowest BCUT2D eigenvalue weighted by atomic mass is 10.1. The highest BCUT2D eigenvalue weighted by Gasteiger charge is 2.71. The Bertz CT molecular complexity index is 197. The van der Waals surface area contributed by atoms with Crippen LogP contribution >= 0.6 is 0 Å². The van der Waals surface area contributed by atoms with Crippen LogP contribution in [0.5, 0.6) is 0 Å². The maximum absolute atomic E-state index is 10.9. The van der Waals surface area contributed by atoms with Crippen molar-refractivity contribution in [3.8, 4) is 0 Å². The molecule has 56 valence electrons. The number of aliphatic hydroxyl groups is 1. The zero-order valence-corrected chi connectivity index (χ0v) is 6.00. The first-order valence-corrected chi connectivity index (χ1v) is 3.43. The zero-order valence-electron chi connectivity index (χ0n) is 6.00. The van der Waals surface area contributed by atoms with Gasteiger partial charge in [0.2, 0.25) is 6.29 Å². The van der Waals surface area contributed by atoms with Crippen molar-refractivity contribution in [1.29, 1.82) is 0 Å². The molecular formula is C7H10O3. The van der Waals surface area contributed by atoms with Gasteiger partial charge in [-0.15, -0.1) is 0 Å². The number of ether oxygens (including phenoxy) is 1. The van der Waals surface area contributed by atoms with Gasteiger partial charge in [0.15, 0.2) is 0 Å². The van der Waals surface area contributed by atoms with Gasteiger partial charge in [-0.2, -0.15) is 0 Å². The number of rotatable bonds is 0. The summed E-state index contributed by atoms with van der Waals surface area (Å²) in [4.78, 5) is 10.9. The highest BCUT2D eigenvalue weighted by atomic mass is 16.6. The molecule has 1 saturated carbocycles. The van der Waals surface area contributed by atoms with E-state index in [0.717, 1.165) is 0 Å². The summed E-state index contributed by atoms with van der Waals surface area (Å²) in [5, 5.41) is 9.10. The molecular weight excluding hydrogens is 132 g/mol. The third-order valence-electron chi connectivity index (χ3n) is 2.71. The molecule has 0 spiro atoms. The predicted octanol–water partition coefficient (Wildman–Crippen LogP) is 0.134. The number of hydrogen-bond donors (Lipinski definition) is 1. The van der Waals surface area contributed by atoms with Gasteiger partial charge in [-0.1, -0.05) is 13.8 Å². The molecule has 0 radical (unpaired) electrons. The van der Waals surface area contributed by atoms with Gasteiger partial charge in [-0.05, 0) is 5.41 Å². The Kier molecular flexibility index (Phi) is 0.844. The molecule has 0 amide bonds. The third-order valence-corrected chi connectivity index (χ3v) is 2.71. The first kappa shape index (κ1) is 6.16. The number of fused-ring (bicyclic) bond motifs is 1. The van der Waals surface area contributed by atoms with Gasteiger partial charge >= 0.3 is 5.97 Å². The summed E-state index contributed by atoms with van der Waals surface area (Å²) in [6.07, 6.45) is -0.840. The lowest BCUT2D eigenvalue weighted by Crippen LogP contribution is -2.18. The van der Waals surface area contributed by atoms with Crippen molar-refractivity contribution in [3.63, 3.8) is 0 Å². The van der Waals surface area contributed by atoms with Crippen LogP contribution in [0.4, 0.5) is 0 Å². The van der Waals surface area contributed by atoms with Crippen LogP contribution in [0.15, 0.2) is 0 Å². The molecule has 0 aromatic carbocycles. The van der Waals surface area contributed by atoms with Crippen LogP contribution in [0.1, 0.15) is 13.8 Å². The van der Waals surface area contributed by atoms with E-state index in [1.165, 1.54) is 0 Å². The molecule has 1 aliphatic heterocycles. The summed E-state index contributed by atoms with van der Waals surface area (Å²) in [5.74, 6) is -0.218. The molecule has 1 unspecified atom stereocenters. The largest absolute Gasteiger partial charge is 0.435 e. The summed E-state index contributed by atoms with van der Waals surface area (Å²) < 4.78 is 4.58. The predicted molar refractivity (Wildman–Crippen MR) is 32.9 cm³/mol. The zero-order chi connectivity index (χ0) is 7.52. The van der Waals surface area contributed by atoms with Gasteiger partial charge in [0.1, 0.15) is 0 Å². The van der Waals surface area contributed by atoms with E-state index < -0.39 is 6.29 Å². The number of esters is 1. The molecule has 1 heterocycles. The smallest absolute Gasteiger partial charge is 0.312 e. The third kappa shape index (κ3) is 0.475. The van der Waals surface area contributed by atoms with E-state index in [0.29, 0.717) is 0 Å². The van der Waals surface area contributed by atoms with Gasteiger partial charge in [0.25, 0.3) is 0 Å². The van der Waals surface area contributed by atoms with Crippen LogP contribution in [0, 0.1) is 17.3 Å². The lowest BCUT2D eigenvalue weighted by Gasteiger charge is -2.11. The molecule has 2 rings (SSSR count).